The van der Waals surface area contributed by atoms with Crippen LogP contribution in [0.1, 0.15) is 18.5 Å². The summed E-state index contributed by atoms with van der Waals surface area (Å²) in [6.45, 7) is 3.85. The number of likely N-dealkylation sites (tertiary alicyclic amines) is 1. The van der Waals surface area contributed by atoms with Gasteiger partial charge in [-0.15, -0.1) is 11.8 Å². The van der Waals surface area contributed by atoms with E-state index in [9.17, 15) is 4.39 Å². The zero-order valence-corrected chi connectivity index (χ0v) is 17.1. The molecule has 1 aliphatic heterocycles. The second-order valence-corrected chi connectivity index (χ2v) is 7.99. The van der Waals surface area contributed by atoms with Crippen LogP contribution in [0.3, 0.4) is 0 Å². The topological polar surface area (TPSA) is 52.6 Å². The van der Waals surface area contributed by atoms with E-state index < -0.39 is 0 Å². The number of aromatic nitrogens is 1. The van der Waals surface area contributed by atoms with Crippen molar-refractivity contribution in [2.75, 3.05) is 32.4 Å². The third kappa shape index (κ3) is 6.80. The van der Waals surface area contributed by atoms with Crippen molar-refractivity contribution in [3.05, 3.63) is 60.2 Å². The maximum atomic E-state index is 12.9. The number of piperidine rings is 1. The Morgan fingerprint density at radius 3 is 2.68 bits per heavy atom. The van der Waals surface area contributed by atoms with Crippen LogP contribution < -0.4 is 10.6 Å². The first kappa shape index (κ1) is 20.6. The van der Waals surface area contributed by atoms with Crippen LogP contribution in [0.5, 0.6) is 0 Å². The Morgan fingerprint density at radius 1 is 1.21 bits per heavy atom. The maximum Gasteiger partial charge on any atom is 0.191 e. The van der Waals surface area contributed by atoms with E-state index in [-0.39, 0.29) is 5.82 Å². The number of benzene rings is 1. The van der Waals surface area contributed by atoms with Gasteiger partial charge in [0.1, 0.15) is 5.82 Å². The summed E-state index contributed by atoms with van der Waals surface area (Å²) in [6, 6.07) is 13.1. The lowest BCUT2D eigenvalue weighted by Crippen LogP contribution is -2.48. The molecular weight excluding hydrogens is 373 g/mol. The summed E-state index contributed by atoms with van der Waals surface area (Å²) in [5.41, 5.74) is 1.13. The normalized spacial score (nSPS) is 16.1. The molecule has 1 aromatic heterocycles. The second-order valence-electron chi connectivity index (χ2n) is 6.82. The molecule has 0 atom stereocenters. The highest BCUT2D eigenvalue weighted by molar-refractivity contribution is 7.99. The van der Waals surface area contributed by atoms with E-state index in [2.05, 4.69) is 31.6 Å². The number of pyridine rings is 1. The van der Waals surface area contributed by atoms with Crippen LogP contribution in [-0.2, 0) is 6.54 Å². The van der Waals surface area contributed by atoms with Gasteiger partial charge in [0, 0.05) is 56.1 Å². The van der Waals surface area contributed by atoms with Gasteiger partial charge < -0.3 is 10.6 Å². The van der Waals surface area contributed by atoms with Crippen molar-refractivity contribution in [3.63, 3.8) is 0 Å². The first-order valence-electron chi connectivity index (χ1n) is 9.71. The predicted molar refractivity (Wildman–Crippen MR) is 114 cm³/mol. The van der Waals surface area contributed by atoms with Crippen molar-refractivity contribution in [2.24, 2.45) is 4.99 Å². The SMILES string of the molecule is CN=C(NCCSc1ccc(F)cc1)NC1CCN(Cc2ccccn2)CC1. The van der Waals surface area contributed by atoms with E-state index in [1.165, 1.54) is 12.1 Å². The van der Waals surface area contributed by atoms with Gasteiger partial charge in [-0.1, -0.05) is 6.07 Å². The first-order chi connectivity index (χ1) is 13.7. The molecule has 0 bridgehead atoms. The Balaban J connectivity index is 1.33. The molecule has 0 radical (unpaired) electrons. The molecule has 1 fully saturated rings. The van der Waals surface area contributed by atoms with Gasteiger partial charge in [-0.25, -0.2) is 4.39 Å². The van der Waals surface area contributed by atoms with E-state index in [1.54, 1.807) is 18.8 Å². The number of thioether (sulfide) groups is 1. The van der Waals surface area contributed by atoms with Crippen LogP contribution in [-0.4, -0.2) is 54.3 Å². The van der Waals surface area contributed by atoms with Gasteiger partial charge in [0.05, 0.1) is 5.69 Å². The molecule has 150 valence electrons. The Kier molecular flexibility index (Phi) is 8.11. The smallest absolute Gasteiger partial charge is 0.191 e. The number of hydrogen-bond acceptors (Lipinski definition) is 4. The highest BCUT2D eigenvalue weighted by atomic mass is 32.2. The minimum Gasteiger partial charge on any atom is -0.356 e. The van der Waals surface area contributed by atoms with Gasteiger partial charge in [-0.2, -0.15) is 0 Å². The largest absolute Gasteiger partial charge is 0.356 e. The summed E-state index contributed by atoms with van der Waals surface area (Å²) >= 11 is 1.70. The number of guanidine groups is 1. The van der Waals surface area contributed by atoms with E-state index in [4.69, 9.17) is 0 Å². The van der Waals surface area contributed by atoms with Gasteiger partial charge in [-0.05, 0) is 49.2 Å². The molecule has 1 aliphatic rings. The number of nitrogens with zero attached hydrogens (tertiary/aromatic N) is 3. The summed E-state index contributed by atoms with van der Waals surface area (Å²) in [5.74, 6) is 1.55. The van der Waals surface area contributed by atoms with Crippen LogP contribution in [0.15, 0.2) is 58.5 Å². The highest BCUT2D eigenvalue weighted by Gasteiger charge is 2.20. The van der Waals surface area contributed by atoms with Crippen LogP contribution in [0.25, 0.3) is 0 Å². The number of hydrogen-bond donors (Lipinski definition) is 2. The third-order valence-corrected chi connectivity index (χ3v) is 5.75. The number of nitrogens with one attached hydrogen (secondary N) is 2. The lowest BCUT2D eigenvalue weighted by atomic mass is 10.1. The van der Waals surface area contributed by atoms with E-state index in [0.717, 1.165) is 61.3 Å². The monoisotopic (exact) mass is 401 g/mol. The molecule has 2 heterocycles. The predicted octanol–water partition coefficient (Wildman–Crippen LogP) is 3.14. The molecule has 0 spiro atoms. The molecule has 2 aromatic rings. The van der Waals surface area contributed by atoms with Gasteiger partial charge in [0.15, 0.2) is 5.96 Å². The van der Waals surface area contributed by atoms with Crippen LogP contribution in [0.4, 0.5) is 4.39 Å². The van der Waals surface area contributed by atoms with E-state index in [1.807, 2.05) is 30.5 Å². The van der Waals surface area contributed by atoms with Gasteiger partial charge in [0.25, 0.3) is 0 Å². The Hall–Kier alpha value is -2.12. The van der Waals surface area contributed by atoms with Crippen LogP contribution in [0.2, 0.25) is 0 Å². The molecule has 28 heavy (non-hydrogen) atoms. The zero-order chi connectivity index (χ0) is 19.6. The van der Waals surface area contributed by atoms with Crippen molar-refractivity contribution in [1.29, 1.82) is 0 Å². The molecule has 0 aliphatic carbocycles. The third-order valence-electron chi connectivity index (χ3n) is 4.74. The zero-order valence-electron chi connectivity index (χ0n) is 16.3. The molecule has 5 nitrogen and oxygen atoms in total. The first-order valence-corrected chi connectivity index (χ1v) is 10.7. The molecule has 1 saturated heterocycles. The minimum absolute atomic E-state index is 0.196. The number of aliphatic imine (C=N–C) groups is 1. The van der Waals surface area contributed by atoms with Gasteiger partial charge in [0.2, 0.25) is 0 Å². The van der Waals surface area contributed by atoms with Crippen molar-refractivity contribution in [1.82, 2.24) is 20.5 Å². The van der Waals surface area contributed by atoms with Crippen LogP contribution in [0, 0.1) is 5.82 Å². The Bertz CT molecular complexity index is 730. The minimum atomic E-state index is -0.196. The molecular formula is C21H28FN5S. The Morgan fingerprint density at radius 2 is 2.00 bits per heavy atom. The van der Waals surface area contributed by atoms with Gasteiger partial charge in [-0.3, -0.25) is 14.9 Å². The van der Waals surface area contributed by atoms with E-state index >= 15 is 0 Å². The van der Waals surface area contributed by atoms with Gasteiger partial charge >= 0.3 is 0 Å². The summed E-state index contributed by atoms with van der Waals surface area (Å²) in [6.07, 6.45) is 4.05. The fourth-order valence-corrected chi connectivity index (χ4v) is 3.98. The Labute approximate surface area is 170 Å². The fourth-order valence-electron chi connectivity index (χ4n) is 3.21. The molecule has 3 rings (SSSR count). The molecule has 7 heteroatoms. The summed E-state index contributed by atoms with van der Waals surface area (Å²) < 4.78 is 12.9. The van der Waals surface area contributed by atoms with Crippen molar-refractivity contribution in [3.8, 4) is 0 Å². The lowest BCUT2D eigenvalue weighted by molar-refractivity contribution is 0.196. The quantitative estimate of drug-likeness (QED) is 0.323. The fraction of sp³-hybridized carbons (Fsp3) is 0.429. The average molecular weight is 402 g/mol. The van der Waals surface area contributed by atoms with E-state index in [0.29, 0.717) is 6.04 Å². The van der Waals surface area contributed by atoms with Crippen LogP contribution >= 0.6 is 11.8 Å². The van der Waals surface area contributed by atoms with Crippen molar-refractivity contribution >= 4 is 17.7 Å². The molecule has 0 unspecified atom stereocenters. The standard InChI is InChI=1S/C21H28FN5S/c1-23-21(25-12-15-28-20-7-5-17(22)6-8-20)26-18-9-13-27(14-10-18)16-19-4-2-3-11-24-19/h2-8,11,18H,9-10,12-16H2,1H3,(H2,23,25,26). The molecule has 2 N–H and O–H groups in total. The maximum absolute atomic E-state index is 12.9. The van der Waals surface area contributed by atoms with Crippen molar-refractivity contribution < 1.29 is 4.39 Å². The lowest BCUT2D eigenvalue weighted by Gasteiger charge is -2.32. The molecule has 1 aromatic carbocycles. The highest BCUT2D eigenvalue weighted by Crippen LogP contribution is 2.17. The van der Waals surface area contributed by atoms with Crippen molar-refractivity contribution in [2.45, 2.75) is 30.3 Å². The molecule has 0 saturated carbocycles. The summed E-state index contributed by atoms with van der Waals surface area (Å²) in [5, 5.41) is 6.90. The average Bonchev–Trinajstić information content (AvgIpc) is 2.73. The number of halogens is 1. The summed E-state index contributed by atoms with van der Waals surface area (Å²) in [7, 11) is 1.80. The summed E-state index contributed by atoms with van der Waals surface area (Å²) in [4.78, 5) is 12.3. The number of rotatable bonds is 7. The second kappa shape index (κ2) is 11.0. The molecule has 0 amide bonds.